The minimum absolute atomic E-state index is 0.148. The number of amides is 1. The predicted molar refractivity (Wildman–Crippen MR) is 92.5 cm³/mol. The van der Waals surface area contributed by atoms with Crippen molar-refractivity contribution in [3.63, 3.8) is 0 Å². The highest BCUT2D eigenvalue weighted by Gasteiger charge is 2.27. The SMILES string of the molecule is Cn1cc(NC(=O)Cc2ccc(S(=O)(=O)N3CCCCC3)s2)cn1. The molecule has 1 aliphatic heterocycles. The highest BCUT2D eigenvalue weighted by molar-refractivity contribution is 7.91. The molecular weight excluding hydrogens is 348 g/mol. The summed E-state index contributed by atoms with van der Waals surface area (Å²) in [6, 6.07) is 3.31. The van der Waals surface area contributed by atoms with Gasteiger partial charge in [-0.3, -0.25) is 9.48 Å². The Hall–Kier alpha value is -1.71. The summed E-state index contributed by atoms with van der Waals surface area (Å²) >= 11 is 1.17. The number of hydrogen-bond acceptors (Lipinski definition) is 5. The van der Waals surface area contributed by atoms with Crippen LogP contribution in [0.1, 0.15) is 24.1 Å². The highest BCUT2D eigenvalue weighted by atomic mass is 32.2. The van der Waals surface area contributed by atoms with Crippen LogP contribution in [0.25, 0.3) is 0 Å². The maximum absolute atomic E-state index is 12.6. The molecular formula is C15H20N4O3S2. The fourth-order valence-corrected chi connectivity index (χ4v) is 5.70. The summed E-state index contributed by atoms with van der Waals surface area (Å²) < 4.78 is 28.7. The molecule has 0 radical (unpaired) electrons. The summed E-state index contributed by atoms with van der Waals surface area (Å²) in [6.07, 6.45) is 6.32. The number of aromatic nitrogens is 2. The van der Waals surface area contributed by atoms with Gasteiger partial charge < -0.3 is 5.32 Å². The lowest BCUT2D eigenvalue weighted by molar-refractivity contribution is -0.115. The molecule has 0 atom stereocenters. The Balaban J connectivity index is 1.65. The Morgan fingerprint density at radius 1 is 1.29 bits per heavy atom. The lowest BCUT2D eigenvalue weighted by Crippen LogP contribution is -2.35. The molecule has 1 fully saturated rings. The van der Waals surface area contributed by atoms with Crippen LogP contribution in [0.4, 0.5) is 5.69 Å². The zero-order chi connectivity index (χ0) is 17.2. The first kappa shape index (κ1) is 17.1. The molecule has 3 heterocycles. The van der Waals surface area contributed by atoms with E-state index in [-0.39, 0.29) is 12.3 Å². The summed E-state index contributed by atoms with van der Waals surface area (Å²) in [5, 5.41) is 6.73. The number of hydrogen-bond donors (Lipinski definition) is 1. The lowest BCUT2D eigenvalue weighted by Gasteiger charge is -2.25. The number of aryl methyl sites for hydroxylation is 1. The standard InChI is InChI=1S/C15H20N4O3S2/c1-18-11-12(10-16-18)17-14(20)9-13-5-6-15(23-13)24(21,22)19-7-3-2-4-8-19/h5-6,10-11H,2-4,7-9H2,1H3,(H,17,20). The van der Waals surface area contributed by atoms with Gasteiger partial charge in [0.15, 0.2) is 0 Å². The zero-order valence-electron chi connectivity index (χ0n) is 13.4. The van der Waals surface area contributed by atoms with Gasteiger partial charge in [-0.05, 0) is 25.0 Å². The first-order valence-corrected chi connectivity index (χ1v) is 10.1. The van der Waals surface area contributed by atoms with E-state index in [1.807, 2.05) is 0 Å². The van der Waals surface area contributed by atoms with Gasteiger partial charge in [-0.1, -0.05) is 6.42 Å². The first-order valence-electron chi connectivity index (χ1n) is 7.82. The molecule has 0 aliphatic carbocycles. The van der Waals surface area contributed by atoms with Crippen molar-refractivity contribution < 1.29 is 13.2 Å². The van der Waals surface area contributed by atoms with Crippen LogP contribution in [0.5, 0.6) is 0 Å². The van der Waals surface area contributed by atoms with E-state index in [9.17, 15) is 13.2 Å². The lowest BCUT2D eigenvalue weighted by atomic mass is 10.2. The second kappa shape index (κ2) is 7.04. The van der Waals surface area contributed by atoms with Gasteiger partial charge in [-0.25, -0.2) is 8.42 Å². The summed E-state index contributed by atoms with van der Waals surface area (Å²) in [4.78, 5) is 12.8. The van der Waals surface area contributed by atoms with Crippen LogP contribution in [-0.2, 0) is 28.3 Å². The van der Waals surface area contributed by atoms with Crippen LogP contribution in [-0.4, -0.2) is 41.5 Å². The number of thiophene rings is 1. The van der Waals surface area contributed by atoms with Crippen molar-refractivity contribution in [2.24, 2.45) is 7.05 Å². The Kier molecular flexibility index (Phi) is 5.02. The molecule has 0 aromatic carbocycles. The molecule has 0 unspecified atom stereocenters. The van der Waals surface area contributed by atoms with Gasteiger partial charge in [-0.2, -0.15) is 9.40 Å². The second-order valence-corrected chi connectivity index (χ2v) is 9.15. The molecule has 2 aromatic heterocycles. The van der Waals surface area contributed by atoms with Crippen LogP contribution in [0.2, 0.25) is 0 Å². The molecule has 0 spiro atoms. The molecule has 24 heavy (non-hydrogen) atoms. The third-order valence-electron chi connectivity index (χ3n) is 3.87. The fourth-order valence-electron chi connectivity index (χ4n) is 2.67. The summed E-state index contributed by atoms with van der Waals surface area (Å²) in [5.74, 6) is -0.188. The number of anilines is 1. The van der Waals surface area contributed by atoms with E-state index >= 15 is 0 Å². The Bertz CT molecular complexity index is 819. The molecule has 1 aliphatic rings. The average Bonchev–Trinajstić information content (AvgIpc) is 3.18. The molecule has 0 saturated carbocycles. The van der Waals surface area contributed by atoms with Crippen LogP contribution in [0.3, 0.4) is 0 Å². The van der Waals surface area contributed by atoms with Crippen molar-refractivity contribution >= 4 is 33.0 Å². The van der Waals surface area contributed by atoms with Crippen molar-refractivity contribution in [2.45, 2.75) is 29.9 Å². The Labute approximate surface area is 145 Å². The molecule has 9 heteroatoms. The van der Waals surface area contributed by atoms with E-state index in [1.165, 1.54) is 11.3 Å². The van der Waals surface area contributed by atoms with E-state index < -0.39 is 10.0 Å². The third kappa shape index (κ3) is 3.85. The van der Waals surface area contributed by atoms with Crippen LogP contribution >= 0.6 is 11.3 Å². The maximum Gasteiger partial charge on any atom is 0.252 e. The van der Waals surface area contributed by atoms with Crippen molar-refractivity contribution in [3.8, 4) is 0 Å². The van der Waals surface area contributed by atoms with Gasteiger partial charge in [0.2, 0.25) is 5.91 Å². The minimum Gasteiger partial charge on any atom is -0.323 e. The van der Waals surface area contributed by atoms with Crippen LogP contribution in [0, 0.1) is 0 Å². The van der Waals surface area contributed by atoms with Gasteiger partial charge in [0.1, 0.15) is 4.21 Å². The topological polar surface area (TPSA) is 84.3 Å². The molecule has 2 aromatic rings. The van der Waals surface area contributed by atoms with Gasteiger partial charge in [0.25, 0.3) is 10.0 Å². The average molecular weight is 368 g/mol. The molecule has 1 saturated heterocycles. The van der Waals surface area contributed by atoms with Crippen LogP contribution in [0.15, 0.2) is 28.7 Å². The predicted octanol–water partition coefficient (Wildman–Crippen LogP) is 1.84. The van der Waals surface area contributed by atoms with E-state index in [0.717, 1.165) is 24.1 Å². The highest BCUT2D eigenvalue weighted by Crippen LogP contribution is 2.27. The van der Waals surface area contributed by atoms with Crippen molar-refractivity contribution in [2.75, 3.05) is 18.4 Å². The number of nitrogens with zero attached hydrogens (tertiary/aromatic N) is 3. The maximum atomic E-state index is 12.6. The second-order valence-electron chi connectivity index (χ2n) is 5.81. The van der Waals surface area contributed by atoms with E-state index in [0.29, 0.717) is 23.0 Å². The van der Waals surface area contributed by atoms with Gasteiger partial charge in [0, 0.05) is 31.2 Å². The van der Waals surface area contributed by atoms with Crippen molar-refractivity contribution in [1.29, 1.82) is 0 Å². The number of nitrogens with one attached hydrogen (secondary N) is 1. The number of rotatable bonds is 5. The van der Waals surface area contributed by atoms with Gasteiger partial charge >= 0.3 is 0 Å². The smallest absolute Gasteiger partial charge is 0.252 e. The summed E-state index contributed by atoms with van der Waals surface area (Å²) in [5.41, 5.74) is 0.625. The third-order valence-corrected chi connectivity index (χ3v) is 7.32. The largest absolute Gasteiger partial charge is 0.323 e. The van der Waals surface area contributed by atoms with Crippen molar-refractivity contribution in [3.05, 3.63) is 29.4 Å². The number of carbonyl (C=O) groups excluding carboxylic acids is 1. The number of carbonyl (C=O) groups is 1. The normalized spacial score (nSPS) is 16.2. The zero-order valence-corrected chi connectivity index (χ0v) is 15.1. The first-order chi connectivity index (χ1) is 11.4. The minimum atomic E-state index is -3.43. The van der Waals surface area contributed by atoms with E-state index in [1.54, 1.807) is 40.6 Å². The van der Waals surface area contributed by atoms with Gasteiger partial charge in [-0.15, -0.1) is 11.3 Å². The van der Waals surface area contributed by atoms with Gasteiger partial charge in [0.05, 0.1) is 18.3 Å². The number of piperidine rings is 1. The fraction of sp³-hybridized carbons (Fsp3) is 0.467. The molecule has 7 nitrogen and oxygen atoms in total. The Morgan fingerprint density at radius 3 is 2.71 bits per heavy atom. The number of sulfonamides is 1. The van der Waals surface area contributed by atoms with E-state index in [2.05, 4.69) is 10.4 Å². The van der Waals surface area contributed by atoms with E-state index in [4.69, 9.17) is 0 Å². The molecule has 130 valence electrons. The molecule has 1 N–H and O–H groups in total. The monoisotopic (exact) mass is 368 g/mol. The Morgan fingerprint density at radius 2 is 2.04 bits per heavy atom. The quantitative estimate of drug-likeness (QED) is 0.873. The molecule has 3 rings (SSSR count). The van der Waals surface area contributed by atoms with Crippen LogP contribution < -0.4 is 5.32 Å². The van der Waals surface area contributed by atoms with Crippen molar-refractivity contribution in [1.82, 2.24) is 14.1 Å². The summed E-state index contributed by atoms with van der Waals surface area (Å²) in [6.45, 7) is 1.16. The summed E-state index contributed by atoms with van der Waals surface area (Å²) in [7, 11) is -1.66. The molecule has 0 bridgehead atoms. The molecule has 1 amide bonds.